The molecular formula is C39H60F2N4O4Si. The summed E-state index contributed by atoms with van der Waals surface area (Å²) in [6, 6.07) is 6.22. The first-order chi connectivity index (χ1) is 23.5. The molecule has 1 amide bonds. The molecule has 8 nitrogen and oxygen atoms in total. The maximum Gasteiger partial charge on any atom is 0.253 e. The second-order valence-electron chi connectivity index (χ2n) is 16.5. The highest BCUT2D eigenvalue weighted by Crippen LogP contribution is 2.40. The number of likely N-dealkylation sites (tertiary alicyclic amines) is 1. The maximum absolute atomic E-state index is 14.2. The van der Waals surface area contributed by atoms with Crippen molar-refractivity contribution in [1.82, 2.24) is 15.2 Å². The molecule has 0 unspecified atom stereocenters. The Morgan fingerprint density at radius 1 is 1.08 bits per heavy atom. The van der Waals surface area contributed by atoms with Gasteiger partial charge in [-0.3, -0.25) is 9.59 Å². The standard InChI is InChI=1S/C39H60F2N4O4Si/c1-9-45(29-13-15-39(40,41)16-14-29)35-23-32(49-31-20-30(21-31)44-17-11-10-12-18-44)22-33(27(35)3)36(46)42-24-34-28(19-26(2)43-37(34)47)25-48-50(7,8)38(4,5)6/h19,22-23,29-31H,9-18,20-21,24-25H2,1-8H3,(H,42,46)(H,43,47). The fourth-order valence-corrected chi connectivity index (χ4v) is 8.44. The van der Waals surface area contributed by atoms with Crippen molar-refractivity contribution in [3.63, 3.8) is 0 Å². The zero-order valence-electron chi connectivity index (χ0n) is 31.6. The second kappa shape index (κ2) is 15.5. The number of aryl methyl sites for hydroxylation is 1. The lowest BCUT2D eigenvalue weighted by molar-refractivity contribution is -0.0380. The number of carbonyl (C=O) groups excluding carboxylic acids is 1. The van der Waals surface area contributed by atoms with Crippen LogP contribution in [-0.4, -0.2) is 67.9 Å². The molecular weight excluding hydrogens is 655 g/mol. The highest BCUT2D eigenvalue weighted by Gasteiger charge is 2.39. The van der Waals surface area contributed by atoms with E-state index in [2.05, 4.69) is 54.0 Å². The van der Waals surface area contributed by atoms with Crippen LogP contribution in [0.5, 0.6) is 5.75 Å². The van der Waals surface area contributed by atoms with E-state index in [0.717, 1.165) is 48.4 Å². The summed E-state index contributed by atoms with van der Waals surface area (Å²) in [5.74, 6) is -2.32. The van der Waals surface area contributed by atoms with E-state index in [0.29, 0.717) is 48.9 Å². The largest absolute Gasteiger partial charge is 0.490 e. The number of hydrogen-bond donors (Lipinski definition) is 2. The maximum atomic E-state index is 14.2. The van der Waals surface area contributed by atoms with Gasteiger partial charge in [-0.15, -0.1) is 0 Å². The van der Waals surface area contributed by atoms with E-state index in [1.54, 1.807) is 0 Å². The third-order valence-electron chi connectivity index (χ3n) is 11.8. The molecule has 2 aromatic rings. The van der Waals surface area contributed by atoms with Crippen molar-refractivity contribution in [1.29, 1.82) is 0 Å². The summed E-state index contributed by atoms with van der Waals surface area (Å²) in [5, 5.41) is 3.05. The number of aromatic nitrogens is 1. The van der Waals surface area contributed by atoms with Crippen molar-refractivity contribution >= 4 is 19.9 Å². The number of aromatic amines is 1. The molecule has 278 valence electrons. The third kappa shape index (κ3) is 8.99. The summed E-state index contributed by atoms with van der Waals surface area (Å²) in [5.41, 5.74) is 3.82. The molecule has 2 saturated carbocycles. The molecule has 1 aliphatic heterocycles. The first-order valence-corrected chi connectivity index (χ1v) is 21.7. The Bertz CT molecular complexity index is 1550. The Kier molecular flexibility index (Phi) is 11.9. The number of rotatable bonds is 12. The molecule has 3 fully saturated rings. The number of pyridine rings is 1. The molecule has 2 heterocycles. The molecule has 3 aliphatic rings. The van der Waals surface area contributed by atoms with Gasteiger partial charge in [-0.1, -0.05) is 27.2 Å². The first-order valence-electron chi connectivity index (χ1n) is 18.8. The summed E-state index contributed by atoms with van der Waals surface area (Å²) < 4.78 is 41.3. The zero-order chi connectivity index (χ0) is 36.4. The number of halogens is 2. The number of hydrogen-bond acceptors (Lipinski definition) is 6. The summed E-state index contributed by atoms with van der Waals surface area (Å²) in [6.07, 6.45) is 6.29. The summed E-state index contributed by atoms with van der Waals surface area (Å²) >= 11 is 0. The number of piperidine rings is 1. The molecule has 1 saturated heterocycles. The van der Waals surface area contributed by atoms with Gasteiger partial charge in [0.25, 0.3) is 11.5 Å². The van der Waals surface area contributed by atoms with Crippen molar-refractivity contribution in [2.75, 3.05) is 24.5 Å². The number of nitrogens with zero attached hydrogens (tertiary/aromatic N) is 2. The summed E-state index contributed by atoms with van der Waals surface area (Å²) in [7, 11) is -2.09. The van der Waals surface area contributed by atoms with Crippen LogP contribution in [0.2, 0.25) is 18.1 Å². The van der Waals surface area contributed by atoms with Gasteiger partial charge in [0, 0.05) is 79.4 Å². The smallest absolute Gasteiger partial charge is 0.253 e. The predicted octanol–water partition coefficient (Wildman–Crippen LogP) is 8.24. The molecule has 0 radical (unpaired) electrons. The van der Waals surface area contributed by atoms with Crippen molar-refractivity contribution in [2.24, 2.45) is 0 Å². The van der Waals surface area contributed by atoms with Crippen LogP contribution in [0.1, 0.15) is 118 Å². The lowest BCUT2D eigenvalue weighted by Gasteiger charge is -2.44. The van der Waals surface area contributed by atoms with Crippen molar-refractivity contribution in [3.05, 3.63) is 56.5 Å². The second-order valence-corrected chi connectivity index (χ2v) is 21.3. The van der Waals surface area contributed by atoms with E-state index in [1.165, 1.54) is 19.3 Å². The average Bonchev–Trinajstić information content (AvgIpc) is 3.03. The van der Waals surface area contributed by atoms with Crippen molar-refractivity contribution < 1.29 is 22.7 Å². The molecule has 11 heteroatoms. The van der Waals surface area contributed by atoms with Crippen LogP contribution >= 0.6 is 0 Å². The minimum atomic E-state index is -2.63. The Balaban J connectivity index is 1.38. The number of nitrogens with one attached hydrogen (secondary N) is 2. The van der Waals surface area contributed by atoms with Crippen LogP contribution in [0.3, 0.4) is 0 Å². The van der Waals surface area contributed by atoms with E-state index in [4.69, 9.17) is 9.16 Å². The van der Waals surface area contributed by atoms with E-state index in [-0.39, 0.29) is 48.0 Å². The van der Waals surface area contributed by atoms with Crippen LogP contribution < -0.4 is 20.5 Å². The average molecular weight is 715 g/mol. The van der Waals surface area contributed by atoms with Crippen LogP contribution in [0.15, 0.2) is 23.0 Å². The molecule has 1 aromatic carbocycles. The number of benzene rings is 1. The van der Waals surface area contributed by atoms with Crippen LogP contribution in [0.4, 0.5) is 14.5 Å². The molecule has 2 aliphatic carbocycles. The molecule has 0 spiro atoms. The van der Waals surface area contributed by atoms with E-state index in [1.807, 2.05) is 39.0 Å². The molecule has 2 N–H and O–H groups in total. The lowest BCUT2D eigenvalue weighted by Crippen LogP contribution is -2.50. The zero-order valence-corrected chi connectivity index (χ0v) is 32.6. The highest BCUT2D eigenvalue weighted by atomic mass is 28.4. The normalized spacial score (nSPS) is 21.8. The minimum absolute atomic E-state index is 0.0127. The number of anilines is 1. The van der Waals surface area contributed by atoms with E-state index < -0.39 is 14.2 Å². The van der Waals surface area contributed by atoms with Gasteiger partial charge in [-0.25, -0.2) is 8.78 Å². The highest BCUT2D eigenvalue weighted by molar-refractivity contribution is 6.74. The fraction of sp³-hybridized carbons (Fsp3) is 0.692. The number of ether oxygens (including phenoxy) is 1. The van der Waals surface area contributed by atoms with Gasteiger partial charge in [0.2, 0.25) is 5.92 Å². The number of amides is 1. The number of carbonyl (C=O) groups is 1. The van der Waals surface area contributed by atoms with Gasteiger partial charge < -0.3 is 29.3 Å². The Hall–Kier alpha value is -2.76. The van der Waals surface area contributed by atoms with Crippen molar-refractivity contribution in [2.45, 2.75) is 155 Å². The van der Waals surface area contributed by atoms with Gasteiger partial charge in [-0.05, 0) is 101 Å². The molecule has 1 aromatic heterocycles. The Labute approximate surface area is 298 Å². The number of alkyl halides is 2. The Morgan fingerprint density at radius 3 is 2.36 bits per heavy atom. The quantitative estimate of drug-likeness (QED) is 0.216. The minimum Gasteiger partial charge on any atom is -0.490 e. The van der Waals surface area contributed by atoms with Crippen molar-refractivity contribution in [3.8, 4) is 5.75 Å². The number of H-pyrrole nitrogens is 1. The van der Waals surface area contributed by atoms with Crippen LogP contribution in [-0.2, 0) is 17.6 Å². The molecule has 50 heavy (non-hydrogen) atoms. The molecule has 0 bridgehead atoms. The summed E-state index contributed by atoms with van der Waals surface area (Å²) in [6.45, 7) is 20.0. The lowest BCUT2D eigenvalue weighted by atomic mass is 9.86. The van der Waals surface area contributed by atoms with Gasteiger partial charge in [-0.2, -0.15) is 0 Å². The topological polar surface area (TPSA) is 86.9 Å². The Morgan fingerprint density at radius 2 is 1.74 bits per heavy atom. The van der Waals surface area contributed by atoms with Gasteiger partial charge >= 0.3 is 0 Å². The SMILES string of the molecule is CCN(c1cc(OC2CC(N3CCCCC3)C2)cc(C(=O)NCc2c(CO[Si](C)(C)C(C)(C)C)cc(C)[nH]c2=O)c1C)C1CCC(F)(F)CC1. The predicted molar refractivity (Wildman–Crippen MR) is 199 cm³/mol. The van der Waals surface area contributed by atoms with E-state index in [9.17, 15) is 18.4 Å². The first kappa shape index (κ1) is 38.5. The van der Waals surface area contributed by atoms with Crippen LogP contribution in [0, 0.1) is 13.8 Å². The van der Waals surface area contributed by atoms with Gasteiger partial charge in [0.1, 0.15) is 11.9 Å². The van der Waals surface area contributed by atoms with Gasteiger partial charge in [0.05, 0.1) is 6.61 Å². The summed E-state index contributed by atoms with van der Waals surface area (Å²) in [4.78, 5) is 34.9. The molecule has 0 atom stereocenters. The fourth-order valence-electron chi connectivity index (χ4n) is 7.49. The monoisotopic (exact) mass is 714 g/mol. The van der Waals surface area contributed by atoms with E-state index >= 15 is 0 Å². The van der Waals surface area contributed by atoms with Crippen LogP contribution in [0.25, 0.3) is 0 Å². The molecule has 5 rings (SSSR count). The van der Waals surface area contributed by atoms with Gasteiger partial charge in [0.15, 0.2) is 8.32 Å². The third-order valence-corrected chi connectivity index (χ3v) is 16.3.